The lowest BCUT2D eigenvalue weighted by Crippen LogP contribution is -2.24. The van der Waals surface area contributed by atoms with E-state index in [2.05, 4.69) is 14.7 Å². The second-order valence-electron chi connectivity index (χ2n) is 3.96. The quantitative estimate of drug-likeness (QED) is 0.913. The SMILES string of the molecule is CC.CC(=O)NCc1c(-c2ccns2)[nH]c(C)cc1=O. The van der Waals surface area contributed by atoms with Crippen LogP contribution in [0.3, 0.4) is 0 Å². The molecule has 0 aliphatic carbocycles. The van der Waals surface area contributed by atoms with Crippen LogP contribution in [0.25, 0.3) is 10.6 Å². The topological polar surface area (TPSA) is 74.8 Å². The molecular weight excluding hydrogens is 274 g/mol. The van der Waals surface area contributed by atoms with E-state index in [1.54, 1.807) is 6.20 Å². The fraction of sp³-hybridized carbons (Fsp3) is 0.357. The Morgan fingerprint density at radius 1 is 1.45 bits per heavy atom. The normalized spacial score (nSPS) is 9.60. The molecule has 0 bridgehead atoms. The number of carbonyl (C=O) groups is 1. The first-order valence-electron chi connectivity index (χ1n) is 6.46. The molecule has 6 heteroatoms. The highest BCUT2D eigenvalue weighted by molar-refractivity contribution is 7.09. The van der Waals surface area contributed by atoms with E-state index in [-0.39, 0.29) is 17.9 Å². The Bertz CT molecular complexity index is 618. The van der Waals surface area contributed by atoms with Crippen LogP contribution in [0.2, 0.25) is 0 Å². The summed E-state index contributed by atoms with van der Waals surface area (Å²) in [6, 6.07) is 3.37. The van der Waals surface area contributed by atoms with Gasteiger partial charge in [0.1, 0.15) is 0 Å². The van der Waals surface area contributed by atoms with Gasteiger partial charge in [-0.1, -0.05) is 13.8 Å². The number of hydrogen-bond acceptors (Lipinski definition) is 4. The molecule has 2 N–H and O–H groups in total. The maximum Gasteiger partial charge on any atom is 0.217 e. The molecule has 5 nitrogen and oxygen atoms in total. The molecule has 0 aromatic carbocycles. The first kappa shape index (κ1) is 16.1. The minimum absolute atomic E-state index is 0.0802. The Kier molecular flexibility index (Phi) is 6.11. The molecule has 2 aromatic heterocycles. The second-order valence-corrected chi connectivity index (χ2v) is 4.79. The summed E-state index contributed by atoms with van der Waals surface area (Å²) in [5, 5.41) is 2.65. The van der Waals surface area contributed by atoms with Crippen molar-refractivity contribution in [3.8, 4) is 10.6 Å². The number of aromatic nitrogens is 2. The average molecular weight is 293 g/mol. The smallest absolute Gasteiger partial charge is 0.217 e. The second kappa shape index (κ2) is 7.59. The maximum absolute atomic E-state index is 12.0. The van der Waals surface area contributed by atoms with Crippen molar-refractivity contribution in [2.75, 3.05) is 0 Å². The van der Waals surface area contributed by atoms with E-state index in [1.165, 1.54) is 24.5 Å². The molecule has 0 spiro atoms. The van der Waals surface area contributed by atoms with Crippen molar-refractivity contribution in [2.24, 2.45) is 0 Å². The van der Waals surface area contributed by atoms with Gasteiger partial charge in [0.25, 0.3) is 0 Å². The summed E-state index contributed by atoms with van der Waals surface area (Å²) in [6.45, 7) is 7.47. The summed E-state index contributed by atoms with van der Waals surface area (Å²) in [6.07, 6.45) is 1.68. The number of hydrogen-bond donors (Lipinski definition) is 2. The summed E-state index contributed by atoms with van der Waals surface area (Å²) in [7, 11) is 0. The van der Waals surface area contributed by atoms with E-state index in [0.29, 0.717) is 5.56 Å². The third-order valence-electron chi connectivity index (χ3n) is 2.47. The van der Waals surface area contributed by atoms with Crippen molar-refractivity contribution < 1.29 is 4.79 Å². The number of rotatable bonds is 3. The van der Waals surface area contributed by atoms with Crippen LogP contribution in [-0.2, 0) is 11.3 Å². The molecule has 0 atom stereocenters. The first-order chi connectivity index (χ1) is 9.58. The number of amides is 1. The summed E-state index contributed by atoms with van der Waals surface area (Å²) in [4.78, 5) is 27.0. The molecule has 0 aliphatic heterocycles. The van der Waals surface area contributed by atoms with Crippen LogP contribution in [0.5, 0.6) is 0 Å². The Labute approximate surface area is 122 Å². The van der Waals surface area contributed by atoms with E-state index >= 15 is 0 Å². The van der Waals surface area contributed by atoms with Gasteiger partial charge >= 0.3 is 0 Å². The maximum atomic E-state index is 12.0. The summed E-state index contributed by atoms with van der Waals surface area (Å²) < 4.78 is 4.03. The average Bonchev–Trinajstić information content (AvgIpc) is 2.92. The molecule has 0 saturated carbocycles. The Balaban J connectivity index is 0.000000956. The molecule has 0 radical (unpaired) electrons. The van der Waals surface area contributed by atoms with Crippen molar-refractivity contribution >= 4 is 17.4 Å². The number of aromatic amines is 1. The molecule has 2 heterocycles. The molecule has 0 fully saturated rings. The first-order valence-corrected chi connectivity index (χ1v) is 7.23. The van der Waals surface area contributed by atoms with Gasteiger partial charge in [-0.3, -0.25) is 9.59 Å². The van der Waals surface area contributed by atoms with Gasteiger partial charge in [-0.15, -0.1) is 0 Å². The van der Waals surface area contributed by atoms with Gasteiger partial charge in [-0.2, -0.15) is 0 Å². The van der Waals surface area contributed by atoms with Crippen molar-refractivity contribution in [3.63, 3.8) is 0 Å². The summed E-state index contributed by atoms with van der Waals surface area (Å²) in [5.74, 6) is -0.162. The third-order valence-corrected chi connectivity index (χ3v) is 3.23. The van der Waals surface area contributed by atoms with Crippen LogP contribution in [0, 0.1) is 6.92 Å². The van der Waals surface area contributed by atoms with Crippen LogP contribution in [0.4, 0.5) is 0 Å². The predicted molar refractivity (Wildman–Crippen MR) is 81.8 cm³/mol. The largest absolute Gasteiger partial charge is 0.357 e. The number of carbonyl (C=O) groups excluding carboxylic acids is 1. The van der Waals surface area contributed by atoms with Gasteiger partial charge in [-0.05, 0) is 24.5 Å². The minimum Gasteiger partial charge on any atom is -0.357 e. The van der Waals surface area contributed by atoms with Crippen LogP contribution in [0.15, 0.2) is 23.1 Å². The highest BCUT2D eigenvalue weighted by Gasteiger charge is 2.12. The van der Waals surface area contributed by atoms with E-state index in [1.807, 2.05) is 26.8 Å². The van der Waals surface area contributed by atoms with Gasteiger partial charge < -0.3 is 10.3 Å². The van der Waals surface area contributed by atoms with E-state index in [0.717, 1.165) is 16.3 Å². The van der Waals surface area contributed by atoms with Crippen LogP contribution in [-0.4, -0.2) is 15.3 Å². The molecule has 0 aliphatic rings. The number of aryl methyl sites for hydroxylation is 1. The number of H-pyrrole nitrogens is 1. The zero-order chi connectivity index (χ0) is 15.1. The van der Waals surface area contributed by atoms with Gasteiger partial charge in [0.2, 0.25) is 5.91 Å². The summed E-state index contributed by atoms with van der Waals surface area (Å²) >= 11 is 1.31. The third kappa shape index (κ3) is 4.03. The highest BCUT2D eigenvalue weighted by atomic mass is 32.1. The molecular formula is C14H19N3O2S. The zero-order valence-electron chi connectivity index (χ0n) is 12.1. The highest BCUT2D eigenvalue weighted by Crippen LogP contribution is 2.23. The molecule has 2 rings (SSSR count). The molecule has 0 unspecified atom stereocenters. The minimum atomic E-state index is -0.162. The van der Waals surface area contributed by atoms with E-state index < -0.39 is 0 Å². The predicted octanol–water partition coefficient (Wildman–Crippen LogP) is 2.47. The van der Waals surface area contributed by atoms with Gasteiger partial charge in [0, 0.05) is 37.0 Å². The van der Waals surface area contributed by atoms with Crippen molar-refractivity contribution in [2.45, 2.75) is 34.2 Å². The van der Waals surface area contributed by atoms with Crippen LogP contribution >= 0.6 is 11.5 Å². The lowest BCUT2D eigenvalue weighted by Gasteiger charge is -2.08. The Hall–Kier alpha value is -1.95. The van der Waals surface area contributed by atoms with Crippen molar-refractivity contribution in [3.05, 3.63) is 39.8 Å². The van der Waals surface area contributed by atoms with Gasteiger partial charge in [0.15, 0.2) is 5.43 Å². The van der Waals surface area contributed by atoms with Gasteiger partial charge in [-0.25, -0.2) is 4.37 Å². The van der Waals surface area contributed by atoms with E-state index in [4.69, 9.17) is 0 Å². The van der Waals surface area contributed by atoms with Gasteiger partial charge in [0.05, 0.1) is 10.6 Å². The van der Waals surface area contributed by atoms with E-state index in [9.17, 15) is 9.59 Å². The molecule has 2 aromatic rings. The number of nitrogens with zero attached hydrogens (tertiary/aromatic N) is 1. The lowest BCUT2D eigenvalue weighted by molar-refractivity contribution is -0.119. The molecule has 20 heavy (non-hydrogen) atoms. The number of nitrogens with one attached hydrogen (secondary N) is 2. The lowest BCUT2D eigenvalue weighted by atomic mass is 10.1. The molecule has 0 saturated heterocycles. The van der Waals surface area contributed by atoms with Crippen molar-refractivity contribution in [1.82, 2.24) is 14.7 Å². The zero-order valence-corrected chi connectivity index (χ0v) is 12.9. The standard InChI is InChI=1S/C12H13N3O2S.C2H6/c1-7-5-10(17)9(6-13-8(2)16)12(15-7)11-3-4-14-18-11;1-2/h3-5H,6H2,1-2H3,(H,13,16)(H,15,17);1-2H3. The molecule has 108 valence electrons. The van der Waals surface area contributed by atoms with Crippen molar-refractivity contribution in [1.29, 1.82) is 0 Å². The molecule has 1 amide bonds. The monoisotopic (exact) mass is 293 g/mol. The fourth-order valence-electron chi connectivity index (χ4n) is 1.66. The number of pyridine rings is 1. The Morgan fingerprint density at radius 3 is 2.70 bits per heavy atom. The Morgan fingerprint density at radius 2 is 2.15 bits per heavy atom. The fourth-order valence-corrected chi connectivity index (χ4v) is 2.28. The van der Waals surface area contributed by atoms with Crippen LogP contribution in [0.1, 0.15) is 32.0 Å². The van der Waals surface area contributed by atoms with Crippen LogP contribution < -0.4 is 10.7 Å². The summed E-state index contributed by atoms with van der Waals surface area (Å²) in [5.41, 5.74) is 2.00.